The molecule has 0 unspecified atom stereocenters. The van der Waals surface area contributed by atoms with Crippen LogP contribution in [0.3, 0.4) is 0 Å². The molecule has 2 saturated heterocycles. The molecule has 0 aromatic heterocycles. The molecule has 0 saturated carbocycles. The van der Waals surface area contributed by atoms with Gasteiger partial charge in [-0.3, -0.25) is 77.5 Å². The van der Waals surface area contributed by atoms with Crippen molar-refractivity contribution in [3.05, 3.63) is 113 Å². The molecule has 0 bridgehead atoms. The second-order valence-electron chi connectivity index (χ2n) is 24.6. The van der Waals surface area contributed by atoms with Crippen LogP contribution in [0.15, 0.2) is 101 Å². The summed E-state index contributed by atoms with van der Waals surface area (Å²) in [6.07, 6.45) is 2.34. The fourth-order valence-corrected chi connectivity index (χ4v) is 12.2. The van der Waals surface area contributed by atoms with E-state index in [1.165, 1.54) is 24.0 Å². The number of carboxylic acids is 3. The summed E-state index contributed by atoms with van der Waals surface area (Å²) < 4.78 is 0. The van der Waals surface area contributed by atoms with Gasteiger partial charge in [-0.2, -0.15) is 0 Å². The number of nitrogens with two attached hydrogens (primary N) is 4. The van der Waals surface area contributed by atoms with E-state index >= 15 is 9.59 Å². The standard InChI is InChI=1S/C67H95N17O14S.Cu/c1-44-61(94)76-52(14-9-22-73-67(70)71)62(95)77-53(35-46-15-18-49-12-4-5-13-50(49)33-46)63(96)79-55(64(97)78-54(34-45-16-19-51(85)20-17-45)65(98)84(44)23-7-3-2-6-21-72-66(68)69)42-99-43-57(87)75-37-48-11-8-10-47(32-48)36-74-56(86)38-80-24-26-81(39-58(88)89)28-30-83(41-60(92)93)31-29-82(27-25-80)40-59(90)91;/h4-5,8,10-13,15-20,32-33,44,52-55,85H,2-3,6-7,9,14,21-31,34-43H2,1H3,(H,74,86)(H,75,87)(H,76,94)(H,77,95)(H,78,97)(H,79,96)(H,88,89)(H,90,91)(H,92,93)(H4,68,69,72)(H4,70,71,73);/t44-,52+,53+,54-,55-;/m1./s1. The molecule has 0 spiro atoms. The Morgan fingerprint density at radius 3 is 1.55 bits per heavy atom. The van der Waals surface area contributed by atoms with Crippen LogP contribution in [0.25, 0.3) is 10.8 Å². The van der Waals surface area contributed by atoms with E-state index in [2.05, 4.69) is 41.9 Å². The first-order valence-electron chi connectivity index (χ1n) is 33.0. The Morgan fingerprint density at radius 1 is 0.510 bits per heavy atom. The Labute approximate surface area is 595 Å². The molecule has 2 fully saturated rings. The zero-order valence-corrected chi connectivity index (χ0v) is 57.9. The molecule has 549 valence electrons. The molecule has 2 aliphatic rings. The molecular weight excluding hydrogens is 1360 g/mol. The second kappa shape index (κ2) is 42.8. The van der Waals surface area contributed by atoms with Crippen molar-refractivity contribution in [1.82, 2.24) is 56.4 Å². The van der Waals surface area contributed by atoms with E-state index in [0.29, 0.717) is 54.5 Å². The molecule has 18 N–H and O–H groups in total. The number of aliphatic imine (C=N–C) groups is 2. The van der Waals surface area contributed by atoms with Crippen LogP contribution in [-0.4, -0.2) is 256 Å². The van der Waals surface area contributed by atoms with Gasteiger partial charge in [0.1, 0.15) is 36.0 Å². The number of guanidine groups is 2. The average molecular weight is 1460 g/mol. The predicted octanol–water partition coefficient (Wildman–Crippen LogP) is -1.47. The number of phenols is 1. The number of carbonyl (C=O) groups is 10. The number of thioether (sulfide) groups is 1. The third-order valence-corrected chi connectivity index (χ3v) is 17.7. The van der Waals surface area contributed by atoms with E-state index < -0.39 is 83.6 Å². The Hall–Kier alpha value is -9.11. The molecule has 6 rings (SSSR count). The van der Waals surface area contributed by atoms with Gasteiger partial charge < -0.3 is 80.2 Å². The number of amides is 7. The number of rotatable bonds is 31. The maximum atomic E-state index is 15.3. The molecule has 100 heavy (non-hydrogen) atoms. The molecule has 0 aliphatic carbocycles. The number of phenolic OH excluding ortho intramolecular Hbond substituents is 1. The Balaban J connectivity index is 0.0000180. The van der Waals surface area contributed by atoms with Crippen molar-refractivity contribution in [3.8, 4) is 5.75 Å². The molecule has 31 nitrogen and oxygen atoms in total. The van der Waals surface area contributed by atoms with Crippen LogP contribution in [0.2, 0.25) is 0 Å². The smallest absolute Gasteiger partial charge is 0.317 e. The number of carbonyl (C=O) groups excluding carboxylic acids is 7. The summed E-state index contributed by atoms with van der Waals surface area (Å²) in [5.41, 5.74) is 24.8. The van der Waals surface area contributed by atoms with E-state index in [1.807, 2.05) is 47.4 Å². The molecule has 5 atom stereocenters. The van der Waals surface area contributed by atoms with Crippen molar-refractivity contribution in [2.45, 2.75) is 102 Å². The fraction of sp³-hybridized carbons (Fsp3) is 0.493. The van der Waals surface area contributed by atoms with Crippen LogP contribution in [0, 0.1) is 0 Å². The van der Waals surface area contributed by atoms with Crippen LogP contribution in [0.5, 0.6) is 5.75 Å². The molecule has 1 radical (unpaired) electrons. The van der Waals surface area contributed by atoms with Crippen LogP contribution in [0.4, 0.5) is 0 Å². The summed E-state index contributed by atoms with van der Waals surface area (Å²) in [5.74, 6) is -8.40. The van der Waals surface area contributed by atoms with Gasteiger partial charge in [-0.15, -0.1) is 11.8 Å². The van der Waals surface area contributed by atoms with Crippen LogP contribution >= 0.6 is 11.8 Å². The van der Waals surface area contributed by atoms with Gasteiger partial charge in [0.2, 0.25) is 41.4 Å². The van der Waals surface area contributed by atoms with Crippen LogP contribution in [-0.2, 0) is 90.9 Å². The summed E-state index contributed by atoms with van der Waals surface area (Å²) in [7, 11) is 0. The number of nitrogens with one attached hydrogen (secondary N) is 6. The van der Waals surface area contributed by atoms with Gasteiger partial charge >= 0.3 is 17.9 Å². The minimum Gasteiger partial charge on any atom is -0.508 e. The van der Waals surface area contributed by atoms with E-state index in [9.17, 15) is 58.8 Å². The third kappa shape index (κ3) is 29.8. The van der Waals surface area contributed by atoms with Crippen molar-refractivity contribution in [2.24, 2.45) is 32.9 Å². The quantitative estimate of drug-likeness (QED) is 0.0118. The van der Waals surface area contributed by atoms with Crippen molar-refractivity contribution in [1.29, 1.82) is 0 Å². The SMILES string of the molecule is C[C@@H]1C(=O)N[C@@H](CCCN=C(N)N)C(=O)N[C@@H](Cc2ccc3ccccc3c2)C(=O)N[C@H](CSCC(=O)NCc2cccc(CNC(=O)CN3CCN(CC(=O)O)CCN(CC(=O)O)CCN(CC(=O)O)CC3)c2)C(=O)N[C@H](Cc2ccc(O)cc2)C(=O)N1CCCCCCN=C(N)N.[Cu]. The average Bonchev–Trinajstić information content (AvgIpc) is 1.17. The van der Waals surface area contributed by atoms with Gasteiger partial charge in [0, 0.05) is 121 Å². The Morgan fingerprint density at radius 2 is 0.980 bits per heavy atom. The Bertz CT molecular complexity index is 3420. The largest absolute Gasteiger partial charge is 0.508 e. The van der Waals surface area contributed by atoms with Crippen molar-refractivity contribution < 1.29 is 85.4 Å². The van der Waals surface area contributed by atoms with Crippen molar-refractivity contribution >= 4 is 93.7 Å². The summed E-state index contributed by atoms with van der Waals surface area (Å²) >= 11 is 1.02. The zero-order chi connectivity index (χ0) is 71.8. The van der Waals surface area contributed by atoms with E-state index in [4.69, 9.17) is 22.9 Å². The van der Waals surface area contributed by atoms with Gasteiger partial charge in [-0.05, 0) is 77.8 Å². The van der Waals surface area contributed by atoms with Crippen molar-refractivity contribution in [3.63, 3.8) is 0 Å². The minimum atomic E-state index is -1.44. The Kier molecular flexibility index (Phi) is 34.9. The molecule has 4 aromatic rings. The monoisotopic (exact) mass is 1460 g/mol. The van der Waals surface area contributed by atoms with E-state index in [1.54, 1.807) is 51.1 Å². The van der Waals surface area contributed by atoms with Gasteiger partial charge in [0.05, 0.1) is 31.9 Å². The zero-order valence-electron chi connectivity index (χ0n) is 56.2. The fourth-order valence-electron chi connectivity index (χ4n) is 11.4. The number of hydrogen-bond acceptors (Lipinski definition) is 18. The van der Waals surface area contributed by atoms with Gasteiger partial charge in [-0.1, -0.05) is 91.7 Å². The maximum absolute atomic E-state index is 15.3. The normalized spacial score (nSPS) is 19.1. The van der Waals surface area contributed by atoms with Crippen molar-refractivity contribution in [2.75, 3.05) is 110 Å². The first kappa shape index (κ1) is 81.6. The summed E-state index contributed by atoms with van der Waals surface area (Å²) in [6, 6.07) is 19.6. The number of nitrogens with zero attached hydrogens (tertiary/aromatic N) is 7. The van der Waals surface area contributed by atoms with Gasteiger partial charge in [0.25, 0.3) is 0 Å². The number of hydrogen-bond donors (Lipinski definition) is 14. The van der Waals surface area contributed by atoms with Gasteiger partial charge in [0.15, 0.2) is 11.9 Å². The number of carboxylic acid groups (broad SMARTS) is 3. The third-order valence-electron chi connectivity index (χ3n) is 16.7. The first-order chi connectivity index (χ1) is 47.4. The number of unbranched alkanes of at least 4 members (excludes halogenated alkanes) is 3. The first-order valence-corrected chi connectivity index (χ1v) is 34.2. The molecule has 33 heteroatoms. The summed E-state index contributed by atoms with van der Waals surface area (Å²) in [6.45, 7) is 3.06. The van der Waals surface area contributed by atoms with E-state index in [-0.39, 0.29) is 183 Å². The molecule has 2 aliphatic heterocycles. The van der Waals surface area contributed by atoms with Crippen LogP contribution < -0.4 is 54.8 Å². The minimum absolute atomic E-state index is 0. The molecule has 7 amide bonds. The topological polar surface area (TPSA) is 469 Å². The number of benzene rings is 4. The molecular formula is C67H95CuN17O14S. The van der Waals surface area contributed by atoms with Crippen LogP contribution in [0.1, 0.15) is 67.7 Å². The summed E-state index contributed by atoms with van der Waals surface area (Å²) in [5, 5.41) is 58.0. The number of aromatic hydroxyl groups is 1. The number of aliphatic carboxylic acids is 3. The summed E-state index contributed by atoms with van der Waals surface area (Å²) in [4.78, 5) is 153. The van der Waals surface area contributed by atoms with E-state index in [0.717, 1.165) is 22.5 Å². The second-order valence-corrected chi connectivity index (χ2v) is 25.6. The number of fused-ring (bicyclic) bond motifs is 1. The maximum Gasteiger partial charge on any atom is 0.317 e. The molecule has 2 heterocycles. The predicted molar refractivity (Wildman–Crippen MR) is 374 cm³/mol. The van der Waals surface area contributed by atoms with Gasteiger partial charge in [-0.25, -0.2) is 0 Å². The molecule has 4 aromatic carbocycles.